The summed E-state index contributed by atoms with van der Waals surface area (Å²) in [5.74, 6) is -1.65. The number of benzene rings is 2. The van der Waals surface area contributed by atoms with Crippen LogP contribution in [0.5, 0.6) is 0 Å². The van der Waals surface area contributed by atoms with Gasteiger partial charge in [0.25, 0.3) is 0 Å². The molecule has 1 saturated heterocycles. The number of nitriles is 1. The zero-order chi connectivity index (χ0) is 25.7. The Morgan fingerprint density at radius 3 is 2.58 bits per heavy atom. The Labute approximate surface area is 213 Å². The van der Waals surface area contributed by atoms with Gasteiger partial charge in [0.2, 0.25) is 5.91 Å². The summed E-state index contributed by atoms with van der Waals surface area (Å²) >= 11 is 7.55. The molecule has 3 heterocycles. The van der Waals surface area contributed by atoms with Gasteiger partial charge in [0.15, 0.2) is 10.9 Å². The van der Waals surface area contributed by atoms with Crippen LogP contribution < -0.4 is 16.4 Å². The highest BCUT2D eigenvalue weighted by Gasteiger charge is 2.28. The van der Waals surface area contributed by atoms with Gasteiger partial charge in [0, 0.05) is 42.7 Å². The van der Waals surface area contributed by atoms with Crippen LogP contribution in [-0.2, 0) is 4.79 Å². The molecule has 0 saturated carbocycles. The predicted molar refractivity (Wildman–Crippen MR) is 138 cm³/mol. The number of hydrogen-bond acceptors (Lipinski definition) is 8. The third-order valence-corrected chi connectivity index (χ3v) is 7.34. The number of anilines is 3. The van der Waals surface area contributed by atoms with E-state index in [4.69, 9.17) is 23.1 Å². The number of aromatic nitrogens is 2. The van der Waals surface area contributed by atoms with Gasteiger partial charge in [0.1, 0.15) is 28.8 Å². The summed E-state index contributed by atoms with van der Waals surface area (Å²) in [6, 6.07) is 6.16. The smallest absolute Gasteiger partial charge is 0.246 e. The van der Waals surface area contributed by atoms with Crippen molar-refractivity contribution < 1.29 is 13.6 Å². The van der Waals surface area contributed by atoms with Crippen LogP contribution in [0.25, 0.3) is 32.2 Å². The number of thiazole rings is 1. The Morgan fingerprint density at radius 2 is 1.92 bits per heavy atom. The number of rotatable bonds is 3. The Bertz CT molecular complexity index is 1620. The van der Waals surface area contributed by atoms with E-state index >= 15 is 4.39 Å². The number of fused-ring (bicyclic) bond motifs is 2. The van der Waals surface area contributed by atoms with E-state index in [1.54, 1.807) is 4.90 Å². The molecular formula is C24H18ClF2N7OS. The molecule has 8 nitrogen and oxygen atoms in total. The third kappa shape index (κ3) is 3.66. The molecule has 36 heavy (non-hydrogen) atoms. The van der Waals surface area contributed by atoms with E-state index in [2.05, 4.69) is 22.6 Å². The molecule has 1 aliphatic rings. The maximum Gasteiger partial charge on any atom is 0.246 e. The summed E-state index contributed by atoms with van der Waals surface area (Å²) in [4.78, 5) is 23.8. The molecule has 5 rings (SSSR count). The molecule has 0 radical (unpaired) electrons. The largest absolute Gasteiger partial charge is 0.383 e. The summed E-state index contributed by atoms with van der Waals surface area (Å²) < 4.78 is 30.6. The van der Waals surface area contributed by atoms with Gasteiger partial charge in [-0.3, -0.25) is 4.79 Å². The first-order valence-electron chi connectivity index (χ1n) is 10.8. The third-order valence-electron chi connectivity index (χ3n) is 6.15. The van der Waals surface area contributed by atoms with Gasteiger partial charge in [-0.05, 0) is 24.3 Å². The second-order valence-corrected chi connectivity index (χ2v) is 9.56. The molecule has 182 valence electrons. The Hall–Kier alpha value is -4.01. The van der Waals surface area contributed by atoms with Crippen molar-refractivity contribution in [2.24, 2.45) is 0 Å². The highest BCUT2D eigenvalue weighted by Crippen LogP contribution is 2.44. The molecule has 0 bridgehead atoms. The second kappa shape index (κ2) is 8.89. The zero-order valence-electron chi connectivity index (χ0n) is 18.7. The molecule has 1 aliphatic heterocycles. The maximum absolute atomic E-state index is 16.1. The van der Waals surface area contributed by atoms with Crippen molar-refractivity contribution in [1.29, 1.82) is 5.26 Å². The minimum Gasteiger partial charge on any atom is -0.383 e. The maximum atomic E-state index is 16.1. The summed E-state index contributed by atoms with van der Waals surface area (Å²) in [7, 11) is 0. The summed E-state index contributed by atoms with van der Waals surface area (Å²) in [5, 5.41) is 10.3. The number of carbonyl (C=O) groups excluding carboxylic acids is 1. The Kier molecular flexibility index (Phi) is 5.86. The number of amides is 1. The van der Waals surface area contributed by atoms with Crippen LogP contribution in [0, 0.1) is 23.0 Å². The van der Waals surface area contributed by atoms with Gasteiger partial charge in [-0.25, -0.2) is 18.7 Å². The normalized spacial score (nSPS) is 13.8. The molecule has 2 aromatic heterocycles. The van der Waals surface area contributed by atoms with Crippen LogP contribution in [0.15, 0.2) is 30.9 Å². The molecule has 0 spiro atoms. The van der Waals surface area contributed by atoms with E-state index in [0.717, 1.165) is 11.3 Å². The fourth-order valence-corrected chi connectivity index (χ4v) is 5.55. The Morgan fingerprint density at radius 1 is 1.19 bits per heavy atom. The zero-order valence-corrected chi connectivity index (χ0v) is 20.3. The fraction of sp³-hybridized carbons (Fsp3) is 0.167. The minimum atomic E-state index is -0.783. The highest BCUT2D eigenvalue weighted by molar-refractivity contribution is 7.22. The van der Waals surface area contributed by atoms with Crippen molar-refractivity contribution in [3.8, 4) is 17.2 Å². The number of halogens is 3. The van der Waals surface area contributed by atoms with Crippen LogP contribution in [0.1, 0.15) is 5.56 Å². The van der Waals surface area contributed by atoms with Crippen LogP contribution in [0.2, 0.25) is 5.02 Å². The lowest BCUT2D eigenvalue weighted by Crippen LogP contribution is -2.48. The van der Waals surface area contributed by atoms with Crippen LogP contribution in [0.3, 0.4) is 0 Å². The lowest BCUT2D eigenvalue weighted by Gasteiger charge is -2.36. The molecule has 0 unspecified atom stereocenters. The number of nitrogens with zero attached hydrogens (tertiary/aromatic N) is 5. The summed E-state index contributed by atoms with van der Waals surface area (Å²) in [6.07, 6.45) is 1.25. The monoisotopic (exact) mass is 525 g/mol. The average molecular weight is 526 g/mol. The van der Waals surface area contributed by atoms with E-state index in [9.17, 15) is 14.4 Å². The first-order chi connectivity index (χ1) is 17.2. The number of pyridine rings is 1. The van der Waals surface area contributed by atoms with Gasteiger partial charge < -0.3 is 21.3 Å². The van der Waals surface area contributed by atoms with Crippen LogP contribution in [-0.4, -0.2) is 47.0 Å². The Balaban J connectivity index is 1.72. The highest BCUT2D eigenvalue weighted by atomic mass is 35.5. The topological polar surface area (TPSA) is 125 Å². The number of nitrogens with two attached hydrogens (primary N) is 2. The fourth-order valence-electron chi connectivity index (χ4n) is 4.49. The molecule has 4 N–H and O–H groups in total. The lowest BCUT2D eigenvalue weighted by molar-refractivity contribution is -0.126. The molecule has 2 aromatic carbocycles. The quantitative estimate of drug-likeness (QED) is 0.382. The van der Waals surface area contributed by atoms with E-state index < -0.39 is 11.6 Å². The second-order valence-electron chi connectivity index (χ2n) is 8.12. The predicted octanol–water partition coefficient (Wildman–Crippen LogP) is 4.31. The molecule has 0 aliphatic carbocycles. The van der Waals surface area contributed by atoms with Crippen molar-refractivity contribution in [3.05, 3.63) is 53.1 Å². The molecule has 1 fully saturated rings. The van der Waals surface area contributed by atoms with E-state index in [-0.39, 0.29) is 54.3 Å². The molecule has 1 amide bonds. The summed E-state index contributed by atoms with van der Waals surface area (Å²) in [5.41, 5.74) is 12.7. The van der Waals surface area contributed by atoms with Crippen molar-refractivity contribution in [3.63, 3.8) is 0 Å². The number of hydrogen-bond donors (Lipinski definition) is 2. The molecule has 4 aromatic rings. The number of carbonyl (C=O) groups is 1. The van der Waals surface area contributed by atoms with E-state index in [0.29, 0.717) is 37.3 Å². The minimum absolute atomic E-state index is 0.0246. The lowest BCUT2D eigenvalue weighted by atomic mass is 9.99. The first kappa shape index (κ1) is 23.7. The van der Waals surface area contributed by atoms with E-state index in [1.807, 2.05) is 4.90 Å². The molecular weight excluding hydrogens is 508 g/mol. The van der Waals surface area contributed by atoms with Gasteiger partial charge >= 0.3 is 0 Å². The van der Waals surface area contributed by atoms with Gasteiger partial charge in [-0.2, -0.15) is 5.26 Å². The van der Waals surface area contributed by atoms with Crippen molar-refractivity contribution in [2.75, 3.05) is 42.5 Å². The van der Waals surface area contributed by atoms with Crippen LogP contribution >= 0.6 is 22.9 Å². The van der Waals surface area contributed by atoms with Crippen molar-refractivity contribution >= 4 is 66.6 Å². The SMILES string of the molecule is C=CC(=O)N1CCN(c2c(C#N)c(N)nc3c(F)c(-c4ccc(F)c5sc(N)nc45)c(Cl)cc23)CC1. The van der Waals surface area contributed by atoms with E-state index in [1.165, 1.54) is 24.3 Å². The average Bonchev–Trinajstić information content (AvgIpc) is 3.27. The number of piperazine rings is 1. The van der Waals surface area contributed by atoms with Crippen LogP contribution in [0.4, 0.5) is 25.4 Å². The summed E-state index contributed by atoms with van der Waals surface area (Å²) in [6.45, 7) is 5.03. The van der Waals surface area contributed by atoms with Crippen molar-refractivity contribution in [2.45, 2.75) is 0 Å². The van der Waals surface area contributed by atoms with Crippen molar-refractivity contribution in [1.82, 2.24) is 14.9 Å². The van der Waals surface area contributed by atoms with Gasteiger partial charge in [-0.1, -0.05) is 29.5 Å². The number of nitrogen functional groups attached to an aromatic ring is 2. The molecule has 0 atom stereocenters. The molecule has 12 heteroatoms. The van der Waals surface area contributed by atoms with Gasteiger partial charge in [-0.15, -0.1) is 0 Å². The standard InChI is InChI=1S/C24H18ClF2N7OS/c1-2-16(35)33-5-7-34(8-6-33)21-12-9-14(25)17(18(27)19(12)31-23(29)13(21)10-28)11-3-4-15(26)22-20(11)32-24(30)36-22/h2-4,9H,1,5-8H2,(H2,29,31)(H2,30,32). The van der Waals surface area contributed by atoms with Gasteiger partial charge in [0.05, 0.1) is 20.9 Å². The first-order valence-corrected chi connectivity index (χ1v) is 12.0.